The van der Waals surface area contributed by atoms with Gasteiger partial charge in [0, 0.05) is 6.42 Å². The fourth-order valence-electron chi connectivity index (χ4n) is 2.76. The first-order valence-corrected chi connectivity index (χ1v) is 8.66. The van der Waals surface area contributed by atoms with Crippen LogP contribution in [0.25, 0.3) is 0 Å². The zero-order valence-electron chi connectivity index (χ0n) is 14.8. The van der Waals surface area contributed by atoms with Gasteiger partial charge in [-0.05, 0) is 45.7 Å². The maximum absolute atomic E-state index is 12.5. The predicted octanol–water partition coefficient (Wildman–Crippen LogP) is 2.20. The van der Waals surface area contributed by atoms with Crippen LogP contribution in [0, 0.1) is 0 Å². The number of amides is 1. The van der Waals surface area contributed by atoms with Gasteiger partial charge in [0.25, 0.3) is 0 Å². The zero-order chi connectivity index (χ0) is 17.6. The maximum atomic E-state index is 12.5. The summed E-state index contributed by atoms with van der Waals surface area (Å²) in [4.78, 5) is 25.0. The highest BCUT2D eigenvalue weighted by Gasteiger charge is 2.29. The van der Waals surface area contributed by atoms with Gasteiger partial charge in [-0.2, -0.15) is 0 Å². The van der Waals surface area contributed by atoms with Crippen LogP contribution in [0.2, 0.25) is 0 Å². The van der Waals surface area contributed by atoms with E-state index >= 15 is 0 Å². The number of ether oxygens (including phenoxy) is 1. The molecule has 0 unspecified atom stereocenters. The molecular formula is C19H28N2O3. The number of carbonyl (C=O) groups is 2. The topological polar surface area (TPSA) is 67.4 Å². The van der Waals surface area contributed by atoms with E-state index in [9.17, 15) is 9.59 Å². The molecular weight excluding hydrogens is 304 g/mol. The summed E-state index contributed by atoms with van der Waals surface area (Å²) >= 11 is 0. The summed E-state index contributed by atoms with van der Waals surface area (Å²) in [5, 5.41) is 6.09. The Hall–Kier alpha value is -1.88. The molecule has 0 spiro atoms. The summed E-state index contributed by atoms with van der Waals surface area (Å²) in [5.74, 6) is -0.517. The van der Waals surface area contributed by atoms with Crippen molar-refractivity contribution in [1.29, 1.82) is 0 Å². The van der Waals surface area contributed by atoms with E-state index in [1.807, 2.05) is 51.1 Å². The molecule has 1 aliphatic heterocycles. The van der Waals surface area contributed by atoms with Crippen molar-refractivity contribution in [2.75, 3.05) is 6.54 Å². The molecule has 0 aliphatic carbocycles. The van der Waals surface area contributed by atoms with E-state index in [0.717, 1.165) is 31.4 Å². The summed E-state index contributed by atoms with van der Waals surface area (Å²) in [6.07, 6.45) is 3.34. The average Bonchev–Trinajstić information content (AvgIpc) is 2.54. The molecule has 1 saturated heterocycles. The smallest absolute Gasteiger partial charge is 0.329 e. The lowest BCUT2D eigenvalue weighted by atomic mass is 10.0. The lowest BCUT2D eigenvalue weighted by Crippen LogP contribution is -2.53. The van der Waals surface area contributed by atoms with Crippen LogP contribution in [-0.4, -0.2) is 36.1 Å². The zero-order valence-corrected chi connectivity index (χ0v) is 14.8. The van der Waals surface area contributed by atoms with E-state index in [-0.39, 0.29) is 11.9 Å². The Balaban J connectivity index is 2.06. The monoisotopic (exact) mass is 332 g/mol. The maximum Gasteiger partial charge on any atom is 0.329 e. The third-order valence-corrected chi connectivity index (χ3v) is 3.92. The van der Waals surface area contributed by atoms with E-state index in [2.05, 4.69) is 10.6 Å². The van der Waals surface area contributed by atoms with Crippen LogP contribution in [0.1, 0.15) is 45.6 Å². The Labute approximate surface area is 144 Å². The standard InChI is InChI=1S/C19H28N2O3/c1-19(2,3)24-18(23)16(13-14-9-5-4-6-10-14)21-17(22)15-11-7-8-12-20-15/h4-6,9-10,15-16,20H,7-8,11-13H2,1-3H3,(H,21,22)/t15-,16-/m0/s1. The Morgan fingerprint density at radius 2 is 1.96 bits per heavy atom. The number of esters is 1. The number of hydrogen-bond donors (Lipinski definition) is 2. The molecule has 1 amide bonds. The fraction of sp³-hybridized carbons (Fsp3) is 0.579. The first kappa shape index (κ1) is 18.5. The van der Waals surface area contributed by atoms with Crippen molar-refractivity contribution >= 4 is 11.9 Å². The van der Waals surface area contributed by atoms with Crippen molar-refractivity contribution in [1.82, 2.24) is 10.6 Å². The molecule has 5 heteroatoms. The van der Waals surface area contributed by atoms with Gasteiger partial charge in [-0.3, -0.25) is 4.79 Å². The second-order valence-electron chi connectivity index (χ2n) is 7.29. The molecule has 132 valence electrons. The minimum absolute atomic E-state index is 0.124. The van der Waals surface area contributed by atoms with Gasteiger partial charge < -0.3 is 15.4 Å². The largest absolute Gasteiger partial charge is 0.458 e. The first-order chi connectivity index (χ1) is 11.3. The Bertz CT molecular complexity index is 545. The molecule has 2 rings (SSSR count). The van der Waals surface area contributed by atoms with E-state index in [1.165, 1.54) is 0 Å². The molecule has 5 nitrogen and oxygen atoms in total. The quantitative estimate of drug-likeness (QED) is 0.811. The number of hydrogen-bond acceptors (Lipinski definition) is 4. The second-order valence-corrected chi connectivity index (χ2v) is 7.29. The van der Waals surface area contributed by atoms with Crippen molar-refractivity contribution in [2.45, 2.75) is 64.1 Å². The van der Waals surface area contributed by atoms with Crippen LogP contribution in [0.15, 0.2) is 30.3 Å². The summed E-state index contributed by atoms with van der Waals surface area (Å²) in [7, 11) is 0. The van der Waals surface area contributed by atoms with Crippen LogP contribution in [0.3, 0.4) is 0 Å². The van der Waals surface area contributed by atoms with Crippen LogP contribution in [0.4, 0.5) is 0 Å². The Morgan fingerprint density at radius 1 is 1.25 bits per heavy atom. The van der Waals surface area contributed by atoms with Gasteiger partial charge in [0.05, 0.1) is 6.04 Å². The van der Waals surface area contributed by atoms with Crippen LogP contribution in [-0.2, 0) is 20.7 Å². The summed E-state index contributed by atoms with van der Waals surface area (Å²) in [6.45, 7) is 6.33. The van der Waals surface area contributed by atoms with Gasteiger partial charge in [0.15, 0.2) is 0 Å². The highest BCUT2D eigenvalue weighted by atomic mass is 16.6. The number of rotatable bonds is 5. The number of piperidine rings is 1. The van der Waals surface area contributed by atoms with E-state index in [0.29, 0.717) is 6.42 Å². The van der Waals surface area contributed by atoms with Gasteiger partial charge in [-0.1, -0.05) is 36.8 Å². The minimum atomic E-state index is -0.678. The van der Waals surface area contributed by atoms with Crippen LogP contribution < -0.4 is 10.6 Å². The normalized spacial score (nSPS) is 19.4. The molecule has 0 radical (unpaired) electrons. The van der Waals surface area contributed by atoms with Gasteiger partial charge in [0.2, 0.25) is 5.91 Å². The summed E-state index contributed by atoms with van der Waals surface area (Å²) in [5.41, 5.74) is 0.407. The lowest BCUT2D eigenvalue weighted by molar-refractivity contribution is -0.158. The second kappa shape index (κ2) is 8.29. The van der Waals surface area contributed by atoms with Crippen molar-refractivity contribution in [2.24, 2.45) is 0 Å². The van der Waals surface area contributed by atoms with Crippen LogP contribution >= 0.6 is 0 Å². The molecule has 1 fully saturated rings. The Kier molecular flexibility index (Phi) is 6.37. The third-order valence-electron chi connectivity index (χ3n) is 3.92. The number of carbonyl (C=O) groups excluding carboxylic acids is 2. The van der Waals surface area contributed by atoms with E-state index < -0.39 is 17.6 Å². The number of benzene rings is 1. The van der Waals surface area contributed by atoms with E-state index in [4.69, 9.17) is 4.74 Å². The third kappa shape index (κ3) is 5.96. The van der Waals surface area contributed by atoms with Gasteiger partial charge in [-0.25, -0.2) is 4.79 Å². The minimum Gasteiger partial charge on any atom is -0.458 e. The molecule has 0 aromatic heterocycles. The van der Waals surface area contributed by atoms with Crippen molar-refractivity contribution in [3.05, 3.63) is 35.9 Å². The van der Waals surface area contributed by atoms with Gasteiger partial charge in [-0.15, -0.1) is 0 Å². The van der Waals surface area contributed by atoms with Gasteiger partial charge >= 0.3 is 5.97 Å². The lowest BCUT2D eigenvalue weighted by Gasteiger charge is -2.27. The molecule has 1 aromatic carbocycles. The summed E-state index contributed by atoms with van der Waals surface area (Å²) < 4.78 is 5.49. The predicted molar refractivity (Wildman–Crippen MR) is 93.6 cm³/mol. The first-order valence-electron chi connectivity index (χ1n) is 8.66. The van der Waals surface area contributed by atoms with Crippen molar-refractivity contribution in [3.8, 4) is 0 Å². The number of nitrogens with one attached hydrogen (secondary N) is 2. The highest BCUT2D eigenvalue weighted by Crippen LogP contribution is 2.13. The van der Waals surface area contributed by atoms with E-state index in [1.54, 1.807) is 0 Å². The SMILES string of the molecule is CC(C)(C)OC(=O)[C@H](Cc1ccccc1)NC(=O)[C@@H]1CCCCN1. The molecule has 1 aromatic rings. The molecule has 0 saturated carbocycles. The Morgan fingerprint density at radius 3 is 2.54 bits per heavy atom. The van der Waals surface area contributed by atoms with Crippen LogP contribution in [0.5, 0.6) is 0 Å². The van der Waals surface area contributed by atoms with Gasteiger partial charge in [0.1, 0.15) is 11.6 Å². The van der Waals surface area contributed by atoms with Crippen molar-refractivity contribution < 1.29 is 14.3 Å². The molecule has 0 bridgehead atoms. The van der Waals surface area contributed by atoms with Crippen molar-refractivity contribution in [3.63, 3.8) is 0 Å². The average molecular weight is 332 g/mol. The summed E-state index contributed by atoms with van der Waals surface area (Å²) in [6, 6.07) is 8.77. The molecule has 1 heterocycles. The molecule has 2 N–H and O–H groups in total. The molecule has 24 heavy (non-hydrogen) atoms. The fourth-order valence-corrected chi connectivity index (χ4v) is 2.76. The molecule has 2 atom stereocenters. The highest BCUT2D eigenvalue weighted by molar-refractivity contribution is 5.87. The molecule has 1 aliphatic rings.